The molecule has 2 heterocycles. The summed E-state index contributed by atoms with van der Waals surface area (Å²) in [5, 5.41) is 0. The number of aromatic nitrogens is 1. The maximum atomic E-state index is 12.9. The summed E-state index contributed by atoms with van der Waals surface area (Å²) in [5.41, 5.74) is 1.89. The van der Waals surface area contributed by atoms with Crippen LogP contribution in [0.2, 0.25) is 0 Å². The lowest BCUT2D eigenvalue weighted by Gasteiger charge is -2.32. The normalized spacial score (nSPS) is 17.6. The second kappa shape index (κ2) is 8.43. The van der Waals surface area contributed by atoms with Crippen molar-refractivity contribution in [3.63, 3.8) is 0 Å². The van der Waals surface area contributed by atoms with Gasteiger partial charge in [-0.15, -0.1) is 11.3 Å². The summed E-state index contributed by atoms with van der Waals surface area (Å²) in [5.74, 6) is -0.831. The lowest BCUT2D eigenvalue weighted by molar-refractivity contribution is -0.137. The summed E-state index contributed by atoms with van der Waals surface area (Å²) < 4.78 is 38.7. The Kier molecular flexibility index (Phi) is 6.17. The van der Waals surface area contributed by atoms with Crippen LogP contribution in [0.15, 0.2) is 29.8 Å². The Morgan fingerprint density at radius 3 is 2.79 bits per heavy atom. The van der Waals surface area contributed by atoms with Gasteiger partial charge in [-0.3, -0.25) is 9.59 Å². The molecule has 1 fully saturated rings. The molecule has 1 aliphatic heterocycles. The average molecular weight is 410 g/mol. The lowest BCUT2D eigenvalue weighted by Crippen LogP contribution is -2.42. The Balaban J connectivity index is 1.63. The van der Waals surface area contributed by atoms with E-state index in [0.29, 0.717) is 32.2 Å². The minimum absolute atomic E-state index is 0.0330. The Bertz CT molecular complexity index is 863. The number of amides is 1. The van der Waals surface area contributed by atoms with Crippen molar-refractivity contribution >= 4 is 23.0 Å². The number of carbonyl (C=O) groups is 2. The Hall–Kier alpha value is -2.22. The molecule has 8 heteroatoms. The molecule has 0 spiro atoms. The van der Waals surface area contributed by atoms with E-state index in [1.54, 1.807) is 10.4 Å². The van der Waals surface area contributed by atoms with Crippen LogP contribution in [-0.2, 0) is 17.4 Å². The van der Waals surface area contributed by atoms with E-state index >= 15 is 0 Å². The highest BCUT2D eigenvalue weighted by molar-refractivity contribution is 7.09. The molecule has 4 nitrogen and oxygen atoms in total. The highest BCUT2D eigenvalue weighted by Crippen LogP contribution is 2.31. The summed E-state index contributed by atoms with van der Waals surface area (Å²) in [4.78, 5) is 32.2. The highest BCUT2D eigenvalue weighted by Gasteiger charge is 2.33. The van der Waals surface area contributed by atoms with E-state index in [2.05, 4.69) is 4.98 Å². The first-order valence-corrected chi connectivity index (χ1v) is 10.0. The number of benzene rings is 1. The number of thiazole rings is 1. The number of hydrogen-bond donors (Lipinski definition) is 0. The first-order valence-electron chi connectivity index (χ1n) is 9.14. The lowest BCUT2D eigenvalue weighted by atomic mass is 9.89. The Labute approximate surface area is 165 Å². The number of ketones is 1. The SMILES string of the molecule is Cc1ncsc1CCC(=O)N1CCC[C@H](C(=O)c2cccc(C(F)(F)F)c2)C1. The number of hydrogen-bond acceptors (Lipinski definition) is 4. The van der Waals surface area contributed by atoms with Gasteiger partial charge in [0.1, 0.15) is 0 Å². The average Bonchev–Trinajstić information content (AvgIpc) is 3.10. The number of alkyl halides is 3. The topological polar surface area (TPSA) is 50.3 Å². The molecule has 1 aliphatic rings. The Morgan fingerprint density at radius 2 is 2.11 bits per heavy atom. The second-order valence-corrected chi connectivity index (χ2v) is 7.92. The molecule has 1 amide bonds. The van der Waals surface area contributed by atoms with Gasteiger partial charge in [0.05, 0.1) is 16.8 Å². The van der Waals surface area contributed by atoms with Crippen LogP contribution in [0.5, 0.6) is 0 Å². The van der Waals surface area contributed by atoms with Crippen molar-refractivity contribution in [3.05, 3.63) is 51.5 Å². The number of aryl methyl sites for hydroxylation is 2. The van der Waals surface area contributed by atoms with Crippen LogP contribution in [0.1, 0.15) is 45.8 Å². The van der Waals surface area contributed by atoms with Gasteiger partial charge in [0.15, 0.2) is 5.78 Å². The van der Waals surface area contributed by atoms with Crippen LogP contribution < -0.4 is 0 Å². The summed E-state index contributed by atoms with van der Waals surface area (Å²) >= 11 is 1.52. The van der Waals surface area contributed by atoms with Crippen LogP contribution in [0, 0.1) is 12.8 Å². The fraction of sp³-hybridized carbons (Fsp3) is 0.450. The van der Waals surface area contributed by atoms with Crippen molar-refractivity contribution in [2.45, 2.75) is 38.8 Å². The number of likely N-dealkylation sites (tertiary alicyclic amines) is 1. The quantitative estimate of drug-likeness (QED) is 0.681. The number of rotatable bonds is 5. The monoisotopic (exact) mass is 410 g/mol. The zero-order chi connectivity index (χ0) is 20.3. The maximum absolute atomic E-state index is 12.9. The van der Waals surface area contributed by atoms with Crippen molar-refractivity contribution in [2.75, 3.05) is 13.1 Å². The smallest absolute Gasteiger partial charge is 0.342 e. The molecule has 0 aliphatic carbocycles. The third-order valence-corrected chi connectivity index (χ3v) is 6.02. The first kappa shape index (κ1) is 20.5. The van der Waals surface area contributed by atoms with Gasteiger partial charge in [-0.05, 0) is 38.3 Å². The molecule has 28 heavy (non-hydrogen) atoms. The van der Waals surface area contributed by atoms with Gasteiger partial charge in [0.2, 0.25) is 5.91 Å². The molecule has 150 valence electrons. The molecule has 1 saturated heterocycles. The molecule has 3 rings (SSSR count). The largest absolute Gasteiger partial charge is 0.416 e. The number of nitrogens with zero attached hydrogens (tertiary/aromatic N) is 2. The van der Waals surface area contributed by atoms with Crippen molar-refractivity contribution in [2.24, 2.45) is 5.92 Å². The summed E-state index contributed by atoms with van der Waals surface area (Å²) in [7, 11) is 0. The van der Waals surface area contributed by atoms with Crippen LogP contribution in [0.3, 0.4) is 0 Å². The summed E-state index contributed by atoms with van der Waals surface area (Å²) in [6.45, 7) is 2.74. The number of piperidine rings is 1. The summed E-state index contributed by atoms with van der Waals surface area (Å²) in [6, 6.07) is 4.51. The van der Waals surface area contributed by atoms with Gasteiger partial charge in [-0.1, -0.05) is 12.1 Å². The predicted octanol–water partition coefficient (Wildman–Crippen LogP) is 4.52. The molecule has 0 saturated carbocycles. The van der Waals surface area contributed by atoms with Crippen molar-refractivity contribution in [3.8, 4) is 0 Å². The van der Waals surface area contributed by atoms with Gasteiger partial charge in [-0.2, -0.15) is 13.2 Å². The van der Waals surface area contributed by atoms with E-state index < -0.39 is 17.7 Å². The molecule has 2 aromatic rings. The molecule has 1 atom stereocenters. The Morgan fingerprint density at radius 1 is 1.32 bits per heavy atom. The van der Waals surface area contributed by atoms with Crippen LogP contribution in [-0.4, -0.2) is 34.7 Å². The second-order valence-electron chi connectivity index (χ2n) is 6.98. The van der Waals surface area contributed by atoms with E-state index in [0.717, 1.165) is 22.7 Å². The number of Topliss-reactive ketones (excluding diaryl/α,β-unsaturated/α-hetero) is 1. The van der Waals surface area contributed by atoms with Gasteiger partial charge in [-0.25, -0.2) is 4.98 Å². The zero-order valence-electron chi connectivity index (χ0n) is 15.5. The first-order chi connectivity index (χ1) is 13.3. The number of carbonyl (C=O) groups excluding carboxylic acids is 2. The standard InChI is InChI=1S/C20H21F3N2O2S/c1-13-17(28-12-24-13)7-8-18(26)25-9-3-5-15(11-25)19(27)14-4-2-6-16(10-14)20(21,22)23/h2,4,6,10,12,15H,3,5,7-9,11H2,1H3/t15-/m0/s1. The van der Waals surface area contributed by atoms with Gasteiger partial charge in [0, 0.05) is 35.9 Å². The third kappa shape index (κ3) is 4.79. The van der Waals surface area contributed by atoms with Gasteiger partial charge in [0.25, 0.3) is 0 Å². The molecule has 0 N–H and O–H groups in total. The van der Waals surface area contributed by atoms with Crippen molar-refractivity contribution < 1.29 is 22.8 Å². The zero-order valence-corrected chi connectivity index (χ0v) is 16.3. The molecule has 0 unspecified atom stereocenters. The third-order valence-electron chi connectivity index (χ3n) is 5.03. The maximum Gasteiger partial charge on any atom is 0.416 e. The predicted molar refractivity (Wildman–Crippen MR) is 100 cm³/mol. The van der Waals surface area contributed by atoms with Gasteiger partial charge >= 0.3 is 6.18 Å². The minimum Gasteiger partial charge on any atom is -0.342 e. The molecule has 1 aromatic heterocycles. The number of halogens is 3. The molecule has 0 radical (unpaired) electrons. The van der Waals surface area contributed by atoms with Crippen molar-refractivity contribution in [1.82, 2.24) is 9.88 Å². The van der Waals surface area contributed by atoms with E-state index in [1.165, 1.54) is 23.5 Å². The van der Waals surface area contributed by atoms with Crippen LogP contribution in [0.25, 0.3) is 0 Å². The van der Waals surface area contributed by atoms with Gasteiger partial charge < -0.3 is 4.90 Å². The van der Waals surface area contributed by atoms with Crippen molar-refractivity contribution in [1.29, 1.82) is 0 Å². The molecule has 0 bridgehead atoms. The molecular formula is C20H21F3N2O2S. The fourth-order valence-electron chi connectivity index (χ4n) is 3.45. The van der Waals surface area contributed by atoms with E-state index in [-0.39, 0.29) is 23.8 Å². The van der Waals surface area contributed by atoms with E-state index in [1.807, 2.05) is 6.92 Å². The molecular weight excluding hydrogens is 389 g/mol. The highest BCUT2D eigenvalue weighted by atomic mass is 32.1. The summed E-state index contributed by atoms with van der Waals surface area (Å²) in [6.07, 6.45) is -2.29. The van der Waals surface area contributed by atoms with Crippen LogP contribution >= 0.6 is 11.3 Å². The van der Waals surface area contributed by atoms with E-state index in [4.69, 9.17) is 0 Å². The fourth-order valence-corrected chi connectivity index (χ4v) is 4.23. The van der Waals surface area contributed by atoms with Crippen LogP contribution in [0.4, 0.5) is 13.2 Å². The molecule has 1 aromatic carbocycles. The van der Waals surface area contributed by atoms with E-state index in [9.17, 15) is 22.8 Å². The minimum atomic E-state index is -4.49.